The van der Waals surface area contributed by atoms with Gasteiger partial charge in [-0.25, -0.2) is 0 Å². The molecule has 0 aromatic heterocycles. The highest BCUT2D eigenvalue weighted by atomic mass is 16.4. The minimum Gasteiger partial charge on any atom is -0.393 e. The lowest BCUT2D eigenvalue weighted by molar-refractivity contribution is -0.216. The van der Waals surface area contributed by atoms with Crippen LogP contribution in [0.2, 0.25) is 0 Å². The average Bonchev–Trinajstić information content (AvgIpc) is 2.87. The lowest BCUT2D eigenvalue weighted by Gasteiger charge is -2.54. The largest absolute Gasteiger partial charge is 0.393 e. The van der Waals surface area contributed by atoms with Gasteiger partial charge in [-0.3, -0.25) is 0 Å². The molecule has 0 amide bonds. The second-order valence-electron chi connectivity index (χ2n) is 14.5. The first kappa shape index (κ1) is 37.4. The fourth-order valence-electron chi connectivity index (χ4n) is 6.55. The molecule has 0 spiro atoms. The summed E-state index contributed by atoms with van der Waals surface area (Å²) in [4.78, 5) is 0. The van der Waals surface area contributed by atoms with E-state index in [-0.39, 0.29) is 17.9 Å². The van der Waals surface area contributed by atoms with Gasteiger partial charge in [0.25, 0.3) is 0 Å². The number of aliphatic hydroxyl groups is 4. The molecular formula is C40H58O4. The Kier molecular flexibility index (Phi) is 13.2. The van der Waals surface area contributed by atoms with Gasteiger partial charge >= 0.3 is 0 Å². The standard InChI is InChI=1S/C40H58O4/c1-29(17-13-19-31(3)21-22-36-33(5)25-34(41)26-37(36,6)7)15-11-12-16-30(2)18-14-20-32(4)23-24-40(44)38(8,9)27-35(42)28-39(40,10)43/h11-24,34-35,41-44H,25-28H2,1-10H3/b12-11+,17-13+,18-14+,22-21+,24-23+,29-15+,30-16+,31-19+,32-20+/t34?,35-,39-,40-/m0/s1. The molecule has 0 saturated heterocycles. The fourth-order valence-corrected chi connectivity index (χ4v) is 6.55. The average molecular weight is 603 g/mol. The summed E-state index contributed by atoms with van der Waals surface area (Å²) in [6.45, 7) is 20.1. The maximum Gasteiger partial charge on any atom is 0.117 e. The zero-order valence-electron chi connectivity index (χ0n) is 28.9. The molecule has 2 aliphatic rings. The molecule has 0 bridgehead atoms. The van der Waals surface area contributed by atoms with Crippen molar-refractivity contribution in [1.82, 2.24) is 0 Å². The molecule has 0 heterocycles. The van der Waals surface area contributed by atoms with Crippen molar-refractivity contribution in [3.63, 3.8) is 0 Å². The molecule has 1 unspecified atom stereocenters. The third-order valence-corrected chi connectivity index (χ3v) is 9.07. The molecular weight excluding hydrogens is 544 g/mol. The number of hydrogen-bond donors (Lipinski definition) is 4. The van der Waals surface area contributed by atoms with Crippen LogP contribution in [0.3, 0.4) is 0 Å². The molecule has 2 rings (SSSR count). The van der Waals surface area contributed by atoms with Crippen LogP contribution in [-0.4, -0.2) is 43.8 Å². The summed E-state index contributed by atoms with van der Waals surface area (Å²) in [7, 11) is 0. The number of allylic oxidation sites excluding steroid dienone is 18. The maximum atomic E-state index is 11.4. The monoisotopic (exact) mass is 602 g/mol. The Morgan fingerprint density at radius 3 is 1.61 bits per heavy atom. The van der Waals surface area contributed by atoms with Crippen LogP contribution in [-0.2, 0) is 0 Å². The van der Waals surface area contributed by atoms with Gasteiger partial charge in [-0.15, -0.1) is 0 Å². The molecule has 0 aliphatic heterocycles. The number of rotatable bonds is 10. The van der Waals surface area contributed by atoms with Crippen molar-refractivity contribution in [1.29, 1.82) is 0 Å². The van der Waals surface area contributed by atoms with Gasteiger partial charge < -0.3 is 20.4 Å². The first-order valence-corrected chi connectivity index (χ1v) is 15.9. The van der Waals surface area contributed by atoms with Crippen molar-refractivity contribution in [3.8, 4) is 0 Å². The molecule has 0 radical (unpaired) electrons. The highest BCUT2D eigenvalue weighted by molar-refractivity contribution is 5.38. The van der Waals surface area contributed by atoms with Crippen LogP contribution in [0.4, 0.5) is 0 Å². The highest BCUT2D eigenvalue weighted by Crippen LogP contribution is 2.50. The molecule has 0 aromatic carbocycles. The Hall–Kier alpha value is -2.76. The van der Waals surface area contributed by atoms with Gasteiger partial charge in [-0.2, -0.15) is 0 Å². The van der Waals surface area contributed by atoms with E-state index in [4.69, 9.17) is 0 Å². The topological polar surface area (TPSA) is 80.9 Å². The van der Waals surface area contributed by atoms with Crippen LogP contribution in [0.15, 0.2) is 119 Å². The van der Waals surface area contributed by atoms with Gasteiger partial charge in [0.2, 0.25) is 0 Å². The Bertz CT molecular complexity index is 1300. The minimum atomic E-state index is -1.44. The predicted octanol–water partition coefficient (Wildman–Crippen LogP) is 8.71. The van der Waals surface area contributed by atoms with Crippen molar-refractivity contribution < 1.29 is 20.4 Å². The highest BCUT2D eigenvalue weighted by Gasteiger charge is 2.58. The smallest absolute Gasteiger partial charge is 0.117 e. The zero-order valence-corrected chi connectivity index (χ0v) is 28.9. The third-order valence-electron chi connectivity index (χ3n) is 9.07. The Labute approximate surface area is 267 Å². The SMILES string of the molecule is CC1=C(/C=C/C(C)=C/C=C/C(C)=C/C=C/C=C(C)/C=C/C=C(C)/C=C/[C@]2(O)C(C)(C)C[C@H](O)C[C@]2(C)O)C(C)(C)CC(O)C1. The summed E-state index contributed by atoms with van der Waals surface area (Å²) < 4.78 is 0. The summed E-state index contributed by atoms with van der Waals surface area (Å²) in [6, 6.07) is 0. The van der Waals surface area contributed by atoms with Crippen LogP contribution < -0.4 is 0 Å². The van der Waals surface area contributed by atoms with Crippen molar-refractivity contribution in [2.75, 3.05) is 0 Å². The second-order valence-corrected chi connectivity index (χ2v) is 14.5. The summed E-state index contributed by atoms with van der Waals surface area (Å²) in [6.07, 6.45) is 29.6. The first-order chi connectivity index (χ1) is 20.3. The summed E-state index contributed by atoms with van der Waals surface area (Å²) >= 11 is 0. The van der Waals surface area contributed by atoms with Crippen LogP contribution in [0, 0.1) is 10.8 Å². The van der Waals surface area contributed by atoms with Gasteiger partial charge in [0.15, 0.2) is 0 Å². The Morgan fingerprint density at radius 2 is 1.11 bits per heavy atom. The Balaban J connectivity index is 1.94. The van der Waals surface area contributed by atoms with Crippen molar-refractivity contribution in [3.05, 3.63) is 119 Å². The van der Waals surface area contributed by atoms with E-state index in [9.17, 15) is 20.4 Å². The van der Waals surface area contributed by atoms with Crippen molar-refractivity contribution in [2.24, 2.45) is 10.8 Å². The normalized spacial score (nSPS) is 31.1. The summed E-state index contributed by atoms with van der Waals surface area (Å²) in [5.41, 5.74) is 3.44. The van der Waals surface area contributed by atoms with Gasteiger partial charge in [0, 0.05) is 11.8 Å². The van der Waals surface area contributed by atoms with Crippen LogP contribution in [0.25, 0.3) is 0 Å². The molecule has 4 N–H and O–H groups in total. The van der Waals surface area contributed by atoms with E-state index in [1.54, 1.807) is 13.0 Å². The van der Waals surface area contributed by atoms with Crippen LogP contribution >= 0.6 is 0 Å². The van der Waals surface area contributed by atoms with Gasteiger partial charge in [0.05, 0.1) is 17.8 Å². The number of hydrogen-bond acceptors (Lipinski definition) is 4. The number of aliphatic hydroxyl groups excluding tert-OH is 2. The summed E-state index contributed by atoms with van der Waals surface area (Å²) in [5, 5.41) is 42.6. The third kappa shape index (κ3) is 10.4. The van der Waals surface area contributed by atoms with Crippen LogP contribution in [0.1, 0.15) is 94.9 Å². The van der Waals surface area contributed by atoms with E-state index in [2.05, 4.69) is 77.2 Å². The molecule has 4 nitrogen and oxygen atoms in total. The minimum absolute atomic E-state index is 0.0115. The van der Waals surface area contributed by atoms with Gasteiger partial charge in [-0.1, -0.05) is 135 Å². The molecule has 0 aromatic rings. The summed E-state index contributed by atoms with van der Waals surface area (Å²) in [5.74, 6) is 0. The van der Waals surface area contributed by atoms with E-state index in [1.807, 2.05) is 64.2 Å². The quantitative estimate of drug-likeness (QED) is 0.189. The molecule has 44 heavy (non-hydrogen) atoms. The molecule has 4 heteroatoms. The van der Waals surface area contributed by atoms with E-state index in [0.29, 0.717) is 6.42 Å². The second kappa shape index (κ2) is 15.5. The molecule has 242 valence electrons. The molecule has 1 saturated carbocycles. The van der Waals surface area contributed by atoms with E-state index in [0.717, 1.165) is 29.6 Å². The van der Waals surface area contributed by atoms with Crippen molar-refractivity contribution in [2.45, 2.75) is 118 Å². The lowest BCUT2D eigenvalue weighted by Crippen LogP contribution is -2.65. The van der Waals surface area contributed by atoms with Crippen molar-refractivity contribution >= 4 is 0 Å². The first-order valence-electron chi connectivity index (χ1n) is 15.9. The molecule has 4 atom stereocenters. The van der Waals surface area contributed by atoms with Crippen LogP contribution in [0.5, 0.6) is 0 Å². The fraction of sp³-hybridized carbons (Fsp3) is 0.500. The zero-order chi connectivity index (χ0) is 33.3. The predicted molar refractivity (Wildman–Crippen MR) is 187 cm³/mol. The van der Waals surface area contributed by atoms with Gasteiger partial charge in [0.1, 0.15) is 5.60 Å². The lowest BCUT2D eigenvalue weighted by atomic mass is 9.57. The van der Waals surface area contributed by atoms with E-state index in [1.165, 1.54) is 16.7 Å². The van der Waals surface area contributed by atoms with E-state index < -0.39 is 22.7 Å². The van der Waals surface area contributed by atoms with Gasteiger partial charge in [-0.05, 0) is 77.9 Å². The maximum absolute atomic E-state index is 11.4. The Morgan fingerprint density at radius 1 is 0.636 bits per heavy atom. The molecule has 2 aliphatic carbocycles. The van der Waals surface area contributed by atoms with E-state index >= 15 is 0 Å². The molecule has 1 fully saturated rings.